The molecule has 2 N–H and O–H groups in total. The molecule has 0 bridgehead atoms. The lowest BCUT2D eigenvalue weighted by Crippen LogP contribution is -2.38. The SMILES string of the molecule is c1cc(OCC2CCCCN2)c2nc[nH]c2c1. The predicted octanol–water partition coefficient (Wildman–Crippen LogP) is 2.08. The number of para-hydroxylation sites is 1. The van der Waals surface area contributed by atoms with Gasteiger partial charge in [-0.15, -0.1) is 0 Å². The van der Waals surface area contributed by atoms with E-state index in [0.29, 0.717) is 6.04 Å². The number of imidazole rings is 1. The zero-order valence-electron chi connectivity index (χ0n) is 9.78. The summed E-state index contributed by atoms with van der Waals surface area (Å²) in [6, 6.07) is 6.46. The summed E-state index contributed by atoms with van der Waals surface area (Å²) in [5.74, 6) is 0.871. The van der Waals surface area contributed by atoms with E-state index in [9.17, 15) is 0 Å². The molecule has 17 heavy (non-hydrogen) atoms. The van der Waals surface area contributed by atoms with Gasteiger partial charge in [-0.2, -0.15) is 0 Å². The number of rotatable bonds is 3. The van der Waals surface area contributed by atoms with Crippen molar-refractivity contribution >= 4 is 11.0 Å². The van der Waals surface area contributed by atoms with Crippen LogP contribution in [0.15, 0.2) is 24.5 Å². The summed E-state index contributed by atoms with van der Waals surface area (Å²) >= 11 is 0. The van der Waals surface area contributed by atoms with Crippen molar-refractivity contribution in [1.82, 2.24) is 15.3 Å². The van der Waals surface area contributed by atoms with Crippen LogP contribution in [0.3, 0.4) is 0 Å². The van der Waals surface area contributed by atoms with E-state index in [4.69, 9.17) is 4.74 Å². The average Bonchev–Trinajstić information content (AvgIpc) is 2.86. The second kappa shape index (κ2) is 4.75. The van der Waals surface area contributed by atoms with E-state index in [0.717, 1.165) is 29.9 Å². The van der Waals surface area contributed by atoms with Crippen LogP contribution >= 0.6 is 0 Å². The third-order valence-corrected chi connectivity index (χ3v) is 3.27. The van der Waals surface area contributed by atoms with E-state index in [1.807, 2.05) is 18.2 Å². The molecule has 0 radical (unpaired) electrons. The topological polar surface area (TPSA) is 49.9 Å². The Balaban J connectivity index is 1.69. The number of hydrogen-bond donors (Lipinski definition) is 2. The van der Waals surface area contributed by atoms with Gasteiger partial charge in [0.15, 0.2) is 0 Å². The monoisotopic (exact) mass is 231 g/mol. The van der Waals surface area contributed by atoms with E-state index < -0.39 is 0 Å². The lowest BCUT2D eigenvalue weighted by atomic mass is 10.1. The smallest absolute Gasteiger partial charge is 0.147 e. The number of hydrogen-bond acceptors (Lipinski definition) is 3. The Hall–Kier alpha value is -1.55. The first-order valence-electron chi connectivity index (χ1n) is 6.22. The van der Waals surface area contributed by atoms with Crippen molar-refractivity contribution in [2.24, 2.45) is 0 Å². The second-order valence-corrected chi connectivity index (χ2v) is 4.51. The second-order valence-electron chi connectivity index (χ2n) is 4.51. The van der Waals surface area contributed by atoms with Crippen molar-refractivity contribution in [3.05, 3.63) is 24.5 Å². The number of benzene rings is 1. The van der Waals surface area contributed by atoms with E-state index in [-0.39, 0.29) is 0 Å². The first kappa shape index (κ1) is 10.6. The molecule has 0 spiro atoms. The molecule has 0 aliphatic carbocycles. The fraction of sp³-hybridized carbons (Fsp3) is 0.462. The predicted molar refractivity (Wildman–Crippen MR) is 67.2 cm³/mol. The maximum absolute atomic E-state index is 5.87. The van der Waals surface area contributed by atoms with E-state index in [1.54, 1.807) is 6.33 Å². The van der Waals surface area contributed by atoms with Gasteiger partial charge in [-0.3, -0.25) is 0 Å². The maximum atomic E-state index is 5.87. The van der Waals surface area contributed by atoms with Crippen molar-refractivity contribution in [2.75, 3.05) is 13.2 Å². The first-order valence-corrected chi connectivity index (χ1v) is 6.22. The molecule has 3 rings (SSSR count). The molecule has 90 valence electrons. The number of fused-ring (bicyclic) bond motifs is 1. The van der Waals surface area contributed by atoms with Crippen LogP contribution in [-0.4, -0.2) is 29.2 Å². The molecule has 1 atom stereocenters. The Morgan fingerprint density at radius 3 is 3.24 bits per heavy atom. The number of aromatic amines is 1. The molecule has 0 amide bonds. The minimum Gasteiger partial charge on any atom is -0.490 e. The summed E-state index contributed by atoms with van der Waals surface area (Å²) in [5, 5.41) is 3.48. The lowest BCUT2D eigenvalue weighted by molar-refractivity contribution is 0.241. The summed E-state index contributed by atoms with van der Waals surface area (Å²) in [7, 11) is 0. The largest absolute Gasteiger partial charge is 0.490 e. The third kappa shape index (κ3) is 2.26. The van der Waals surface area contributed by atoms with Gasteiger partial charge in [0.25, 0.3) is 0 Å². The highest BCUT2D eigenvalue weighted by atomic mass is 16.5. The molecule has 0 saturated carbocycles. The van der Waals surface area contributed by atoms with Crippen molar-refractivity contribution in [3.63, 3.8) is 0 Å². The molecule has 2 heterocycles. The highest BCUT2D eigenvalue weighted by Gasteiger charge is 2.13. The quantitative estimate of drug-likeness (QED) is 0.850. The summed E-state index contributed by atoms with van der Waals surface area (Å²) < 4.78 is 5.87. The molecule has 4 nitrogen and oxygen atoms in total. The molecular weight excluding hydrogens is 214 g/mol. The van der Waals surface area contributed by atoms with Crippen LogP contribution in [0, 0.1) is 0 Å². The summed E-state index contributed by atoms with van der Waals surface area (Å²) in [4.78, 5) is 7.37. The van der Waals surface area contributed by atoms with Gasteiger partial charge in [-0.1, -0.05) is 12.5 Å². The fourth-order valence-electron chi connectivity index (χ4n) is 2.31. The Labute approximate surface area is 100 Å². The van der Waals surface area contributed by atoms with Crippen LogP contribution < -0.4 is 10.1 Å². The van der Waals surface area contributed by atoms with Crippen LogP contribution in [0.4, 0.5) is 0 Å². The number of piperidine rings is 1. The van der Waals surface area contributed by atoms with Gasteiger partial charge in [-0.05, 0) is 31.5 Å². The molecule has 1 aliphatic heterocycles. The molecule has 4 heteroatoms. The van der Waals surface area contributed by atoms with E-state index in [2.05, 4.69) is 15.3 Å². The highest BCUT2D eigenvalue weighted by molar-refractivity contribution is 5.80. The number of ether oxygens (including phenoxy) is 1. The van der Waals surface area contributed by atoms with E-state index >= 15 is 0 Å². The molecule has 2 aromatic rings. The minimum atomic E-state index is 0.484. The number of aromatic nitrogens is 2. The van der Waals surface area contributed by atoms with Gasteiger partial charge in [0.1, 0.15) is 17.9 Å². The van der Waals surface area contributed by atoms with E-state index in [1.165, 1.54) is 19.3 Å². The standard InChI is InChI=1S/C13H17N3O/c1-2-7-14-10(4-1)8-17-12-6-3-5-11-13(12)16-9-15-11/h3,5-6,9-10,14H,1-2,4,7-8H2,(H,15,16). The minimum absolute atomic E-state index is 0.484. The molecule has 1 aromatic heterocycles. The molecule has 1 saturated heterocycles. The highest BCUT2D eigenvalue weighted by Crippen LogP contribution is 2.22. The molecular formula is C13H17N3O. The first-order chi connectivity index (χ1) is 8.43. The van der Waals surface area contributed by atoms with Crippen LogP contribution in [0.5, 0.6) is 5.75 Å². The van der Waals surface area contributed by atoms with Crippen molar-refractivity contribution in [2.45, 2.75) is 25.3 Å². The van der Waals surface area contributed by atoms with Crippen molar-refractivity contribution in [3.8, 4) is 5.75 Å². The van der Waals surface area contributed by atoms with Crippen molar-refractivity contribution < 1.29 is 4.74 Å². The Kier molecular flexibility index (Phi) is 2.96. The zero-order valence-corrected chi connectivity index (χ0v) is 9.78. The van der Waals surface area contributed by atoms with Crippen LogP contribution in [0.1, 0.15) is 19.3 Å². The molecule has 1 aromatic carbocycles. The van der Waals surface area contributed by atoms with Crippen molar-refractivity contribution in [1.29, 1.82) is 0 Å². The van der Waals surface area contributed by atoms with Gasteiger partial charge in [-0.25, -0.2) is 4.98 Å². The number of nitrogens with one attached hydrogen (secondary N) is 2. The summed E-state index contributed by atoms with van der Waals surface area (Å²) in [6.45, 7) is 1.84. The van der Waals surface area contributed by atoms with Gasteiger partial charge in [0.05, 0.1) is 11.8 Å². The number of H-pyrrole nitrogens is 1. The third-order valence-electron chi connectivity index (χ3n) is 3.27. The van der Waals surface area contributed by atoms with Gasteiger partial charge >= 0.3 is 0 Å². The molecule has 1 unspecified atom stereocenters. The summed E-state index contributed by atoms with van der Waals surface area (Å²) in [6.07, 6.45) is 5.49. The Morgan fingerprint density at radius 2 is 2.35 bits per heavy atom. The normalized spacial score (nSPS) is 20.6. The van der Waals surface area contributed by atoms with Gasteiger partial charge in [0.2, 0.25) is 0 Å². The number of nitrogens with zero attached hydrogens (tertiary/aromatic N) is 1. The lowest BCUT2D eigenvalue weighted by Gasteiger charge is -2.23. The van der Waals surface area contributed by atoms with Gasteiger partial charge < -0.3 is 15.0 Å². The maximum Gasteiger partial charge on any atom is 0.147 e. The van der Waals surface area contributed by atoms with Crippen LogP contribution in [-0.2, 0) is 0 Å². The van der Waals surface area contributed by atoms with Crippen LogP contribution in [0.2, 0.25) is 0 Å². The van der Waals surface area contributed by atoms with Crippen LogP contribution in [0.25, 0.3) is 11.0 Å². The van der Waals surface area contributed by atoms with Gasteiger partial charge in [0, 0.05) is 6.04 Å². The summed E-state index contributed by atoms with van der Waals surface area (Å²) in [5.41, 5.74) is 1.95. The Bertz CT molecular complexity index is 488. The molecule has 1 aliphatic rings. The fourth-order valence-corrected chi connectivity index (χ4v) is 2.31. The zero-order chi connectivity index (χ0) is 11.5. The Morgan fingerprint density at radius 1 is 1.35 bits per heavy atom. The molecule has 1 fully saturated rings. The average molecular weight is 231 g/mol.